The van der Waals surface area contributed by atoms with E-state index in [1.54, 1.807) is 5.32 Å². The fraction of sp³-hybridized carbons (Fsp3) is 0.133. The zero-order valence-corrected chi connectivity index (χ0v) is 14.8. The second-order valence-corrected chi connectivity index (χ2v) is 5.63. The van der Waals surface area contributed by atoms with Crippen LogP contribution in [0.25, 0.3) is 0 Å². The summed E-state index contributed by atoms with van der Waals surface area (Å²) in [5.41, 5.74) is -4.75. The Morgan fingerprint density at radius 1 is 1.07 bits per heavy atom. The molecule has 29 heavy (non-hydrogen) atoms. The van der Waals surface area contributed by atoms with Crippen molar-refractivity contribution < 1.29 is 40.4 Å². The van der Waals surface area contributed by atoms with Gasteiger partial charge >= 0.3 is 6.18 Å². The van der Waals surface area contributed by atoms with Crippen molar-refractivity contribution in [2.75, 3.05) is 17.7 Å². The van der Waals surface area contributed by atoms with Crippen LogP contribution >= 0.6 is 12.2 Å². The molecule has 0 aromatic heterocycles. The lowest BCUT2D eigenvalue weighted by Gasteiger charge is -2.17. The van der Waals surface area contributed by atoms with E-state index in [1.165, 1.54) is 0 Å². The fourth-order valence-corrected chi connectivity index (χ4v) is 2.37. The van der Waals surface area contributed by atoms with Gasteiger partial charge < -0.3 is 15.4 Å². The quantitative estimate of drug-likeness (QED) is 0.228. The number of ether oxygens (including phenoxy) is 1. The van der Waals surface area contributed by atoms with E-state index < -0.39 is 50.7 Å². The Labute approximate surface area is 162 Å². The van der Waals surface area contributed by atoms with Crippen LogP contribution < -0.4 is 15.4 Å². The van der Waals surface area contributed by atoms with Crippen LogP contribution in [-0.4, -0.2) is 17.1 Å². The van der Waals surface area contributed by atoms with Gasteiger partial charge in [-0.3, -0.25) is 10.1 Å². The molecule has 0 radical (unpaired) electrons. The number of nitro groups is 1. The molecule has 14 heteroatoms. The molecule has 2 N–H and O–H groups in total. The van der Waals surface area contributed by atoms with Crippen molar-refractivity contribution in [1.82, 2.24) is 0 Å². The number of nitrogens with one attached hydrogen (secondary N) is 2. The van der Waals surface area contributed by atoms with Gasteiger partial charge in [-0.15, -0.1) is 0 Å². The average Bonchev–Trinajstić information content (AvgIpc) is 2.62. The Hall–Kier alpha value is -3.16. The maximum Gasteiger partial charge on any atom is 0.422 e. The molecule has 6 nitrogen and oxygen atoms in total. The summed E-state index contributed by atoms with van der Waals surface area (Å²) in [5, 5.41) is 14.0. The van der Waals surface area contributed by atoms with Crippen LogP contribution in [0.5, 0.6) is 5.75 Å². The molecule has 0 atom stereocenters. The van der Waals surface area contributed by atoms with E-state index in [9.17, 15) is 40.8 Å². The third kappa shape index (κ3) is 4.47. The molecule has 0 unspecified atom stereocenters. The molecule has 0 aliphatic rings. The van der Waals surface area contributed by atoms with Crippen molar-refractivity contribution in [3.05, 3.63) is 57.1 Å². The van der Waals surface area contributed by atoms with Gasteiger partial charge in [-0.2, -0.15) is 13.2 Å². The number of hydrogen-bond donors (Lipinski definition) is 2. The lowest BCUT2D eigenvalue weighted by Crippen LogP contribution is -2.23. The van der Waals surface area contributed by atoms with Crippen molar-refractivity contribution >= 4 is 34.4 Å². The first-order valence-corrected chi connectivity index (χ1v) is 7.62. The summed E-state index contributed by atoms with van der Waals surface area (Å²) < 4.78 is 97.7. The van der Waals surface area contributed by atoms with E-state index in [2.05, 4.69) is 5.32 Å². The fourth-order valence-electron chi connectivity index (χ4n) is 2.15. The molecule has 0 aliphatic carbocycles. The third-order valence-electron chi connectivity index (χ3n) is 3.43. The van der Waals surface area contributed by atoms with E-state index in [1.807, 2.05) is 0 Å². The smallest absolute Gasteiger partial charge is 0.422 e. The van der Waals surface area contributed by atoms with Crippen molar-refractivity contribution in [3.63, 3.8) is 0 Å². The molecule has 0 aliphatic heterocycles. The topological polar surface area (TPSA) is 76.4 Å². The summed E-state index contributed by atoms with van der Waals surface area (Å²) in [6.45, 7) is 0. The number of rotatable bonds is 4. The van der Waals surface area contributed by atoms with Crippen molar-refractivity contribution in [1.29, 1.82) is 0 Å². The largest absolute Gasteiger partial charge is 0.494 e. The highest BCUT2D eigenvalue weighted by atomic mass is 32.1. The molecule has 0 bridgehead atoms. The van der Waals surface area contributed by atoms with Crippen molar-refractivity contribution in [3.8, 4) is 5.75 Å². The molecular formula is C15H8F7N3O3S. The lowest BCUT2D eigenvalue weighted by atomic mass is 10.1. The van der Waals surface area contributed by atoms with Gasteiger partial charge in [-0.25, -0.2) is 17.6 Å². The van der Waals surface area contributed by atoms with Crippen molar-refractivity contribution in [2.45, 2.75) is 6.18 Å². The molecule has 0 fully saturated rings. The zero-order chi connectivity index (χ0) is 22.1. The first kappa shape index (κ1) is 22.1. The Balaban J connectivity index is 2.36. The number of hydrogen-bond acceptors (Lipinski definition) is 4. The highest BCUT2D eigenvalue weighted by Gasteiger charge is 2.42. The average molecular weight is 443 g/mol. The summed E-state index contributed by atoms with van der Waals surface area (Å²) in [4.78, 5) is 10.0. The van der Waals surface area contributed by atoms with Crippen molar-refractivity contribution in [2.24, 2.45) is 0 Å². The zero-order valence-electron chi connectivity index (χ0n) is 14.0. The number of benzene rings is 2. The molecule has 2 aromatic carbocycles. The van der Waals surface area contributed by atoms with Crippen LogP contribution in [0.15, 0.2) is 18.2 Å². The summed E-state index contributed by atoms with van der Waals surface area (Å²) in [6.07, 6.45) is -5.68. The minimum atomic E-state index is -5.68. The lowest BCUT2D eigenvalue weighted by molar-refractivity contribution is -0.384. The molecule has 2 aromatic rings. The molecule has 2 rings (SSSR count). The Kier molecular flexibility index (Phi) is 6.15. The maximum atomic E-state index is 13.9. The molecule has 0 spiro atoms. The van der Waals surface area contributed by atoms with E-state index in [4.69, 9.17) is 17.0 Å². The van der Waals surface area contributed by atoms with Crippen LogP contribution in [0.4, 0.5) is 47.8 Å². The van der Waals surface area contributed by atoms with Crippen LogP contribution in [-0.2, 0) is 6.18 Å². The number of anilines is 2. The van der Waals surface area contributed by atoms with E-state index >= 15 is 0 Å². The number of thiocarbonyl (C=S) groups is 1. The highest BCUT2D eigenvalue weighted by Crippen LogP contribution is 2.38. The van der Waals surface area contributed by atoms with Gasteiger partial charge in [0, 0.05) is 6.07 Å². The molecule has 0 amide bonds. The van der Waals surface area contributed by atoms with Gasteiger partial charge in [-0.1, -0.05) is 0 Å². The Bertz CT molecular complexity index is 969. The second-order valence-electron chi connectivity index (χ2n) is 5.22. The standard InChI is InChI=1S/C15H8F7N3O3S/c1-28-7-4-5(25(26)27)2-3-6(7)23-14(29)24-13-11(18)9(16)8(15(20,21)22)10(17)12(13)19/h2-4H,1H3,(H2,23,24,29). The van der Waals surface area contributed by atoms with Crippen LogP contribution in [0, 0.1) is 33.4 Å². The molecular weight excluding hydrogens is 435 g/mol. The molecule has 0 heterocycles. The Morgan fingerprint density at radius 3 is 2.07 bits per heavy atom. The van der Waals surface area contributed by atoms with Crippen LogP contribution in [0.2, 0.25) is 0 Å². The number of halogens is 7. The third-order valence-corrected chi connectivity index (χ3v) is 3.63. The van der Waals surface area contributed by atoms with E-state index in [-0.39, 0.29) is 17.1 Å². The summed E-state index contributed by atoms with van der Waals surface area (Å²) >= 11 is 4.71. The van der Waals surface area contributed by atoms with Gasteiger partial charge in [0.25, 0.3) is 5.69 Å². The van der Waals surface area contributed by atoms with Gasteiger partial charge in [0.1, 0.15) is 17.0 Å². The van der Waals surface area contributed by atoms with Crippen LogP contribution in [0.3, 0.4) is 0 Å². The number of nitro benzene ring substituents is 1. The van der Waals surface area contributed by atoms with Gasteiger partial charge in [-0.05, 0) is 18.3 Å². The summed E-state index contributed by atoms with van der Waals surface area (Å²) in [6, 6.07) is 3.10. The molecule has 156 valence electrons. The number of methoxy groups -OCH3 is 1. The molecule has 0 saturated carbocycles. The summed E-state index contributed by atoms with van der Waals surface area (Å²) in [7, 11) is 1.14. The summed E-state index contributed by atoms with van der Waals surface area (Å²) in [5.74, 6) is -10.1. The van der Waals surface area contributed by atoms with Gasteiger partial charge in [0.05, 0.1) is 23.8 Å². The number of nitrogens with zero attached hydrogens (tertiary/aromatic N) is 1. The second kappa shape index (κ2) is 8.06. The normalized spacial score (nSPS) is 11.2. The predicted octanol–water partition coefficient (Wildman–Crippen LogP) is 4.99. The number of non-ortho nitro benzene ring substituents is 1. The predicted molar refractivity (Wildman–Crippen MR) is 90.8 cm³/mol. The minimum Gasteiger partial charge on any atom is -0.494 e. The van der Waals surface area contributed by atoms with Gasteiger partial charge in [0.2, 0.25) is 0 Å². The SMILES string of the molecule is COc1cc([N+](=O)[O-])ccc1NC(=S)Nc1c(F)c(F)c(C(F)(F)F)c(F)c1F. The van der Waals surface area contributed by atoms with Gasteiger partial charge in [0.15, 0.2) is 28.4 Å². The maximum absolute atomic E-state index is 13.9. The highest BCUT2D eigenvalue weighted by molar-refractivity contribution is 7.80. The van der Waals surface area contributed by atoms with E-state index in [0.717, 1.165) is 25.3 Å². The van der Waals surface area contributed by atoms with Crippen LogP contribution in [0.1, 0.15) is 5.56 Å². The van der Waals surface area contributed by atoms with E-state index in [0.29, 0.717) is 0 Å². The molecule has 0 saturated heterocycles. The minimum absolute atomic E-state index is 0.0516. The first-order valence-electron chi connectivity index (χ1n) is 7.22. The number of alkyl halides is 3. The monoisotopic (exact) mass is 443 g/mol. The first-order chi connectivity index (χ1) is 13.4. The Morgan fingerprint density at radius 2 is 1.62 bits per heavy atom.